The van der Waals surface area contributed by atoms with Gasteiger partial charge in [-0.2, -0.15) is 4.98 Å². The second-order valence-corrected chi connectivity index (χ2v) is 1.81. The van der Waals surface area contributed by atoms with Gasteiger partial charge in [-0.05, 0) is 6.92 Å². The summed E-state index contributed by atoms with van der Waals surface area (Å²) in [6.45, 7) is 1.72. The molecule has 4 heteroatoms. The molecule has 1 aromatic heterocycles. The van der Waals surface area contributed by atoms with Gasteiger partial charge in [0.2, 0.25) is 0 Å². The van der Waals surface area contributed by atoms with Gasteiger partial charge < -0.3 is 9.84 Å². The molecule has 0 aliphatic carbocycles. The Morgan fingerprint density at radius 2 is 2.30 bits per heavy atom. The van der Waals surface area contributed by atoms with Gasteiger partial charge in [0.1, 0.15) is 5.82 Å². The maximum absolute atomic E-state index is 8.98. The molecule has 0 amide bonds. The molecular weight excluding hydrogens is 132 g/mol. The maximum Gasteiger partial charge on any atom is 0.259 e. The van der Waals surface area contributed by atoms with Gasteiger partial charge in [-0.25, -0.2) is 4.98 Å². The molecule has 0 bridgehead atoms. The van der Waals surface area contributed by atoms with Crippen molar-refractivity contribution in [1.29, 1.82) is 0 Å². The topological polar surface area (TPSA) is 55.2 Å². The molecule has 1 N–H and O–H groups in total. The van der Waals surface area contributed by atoms with E-state index in [1.54, 1.807) is 6.92 Å². The predicted octanol–water partition coefficient (Wildman–Crippen LogP) is 0.499. The van der Waals surface area contributed by atoms with Crippen LogP contribution in [0.3, 0.4) is 0 Å². The van der Waals surface area contributed by atoms with Crippen molar-refractivity contribution in [3.8, 4) is 11.6 Å². The van der Waals surface area contributed by atoms with Crippen LogP contribution in [0.1, 0.15) is 5.82 Å². The highest BCUT2D eigenvalue weighted by molar-refractivity contribution is 5.28. The van der Waals surface area contributed by atoms with Crippen molar-refractivity contribution in [2.75, 3.05) is 7.11 Å². The molecule has 0 atom stereocenters. The normalized spacial score (nSPS) is 9.40. The zero-order valence-electron chi connectivity index (χ0n) is 5.83. The molecule has 10 heavy (non-hydrogen) atoms. The van der Waals surface area contributed by atoms with E-state index in [0.717, 1.165) is 0 Å². The molecule has 54 valence electrons. The lowest BCUT2D eigenvalue weighted by Gasteiger charge is -2.00. The van der Waals surface area contributed by atoms with Crippen LogP contribution in [-0.4, -0.2) is 22.2 Å². The van der Waals surface area contributed by atoms with Crippen molar-refractivity contribution in [3.05, 3.63) is 12.0 Å². The van der Waals surface area contributed by atoms with E-state index in [9.17, 15) is 0 Å². The van der Waals surface area contributed by atoms with Gasteiger partial charge in [-0.1, -0.05) is 0 Å². The number of aromatic hydroxyl groups is 1. The Balaban J connectivity index is 3.09. The zero-order valence-corrected chi connectivity index (χ0v) is 5.83. The highest BCUT2D eigenvalue weighted by Crippen LogP contribution is 2.19. The van der Waals surface area contributed by atoms with E-state index >= 15 is 0 Å². The highest BCUT2D eigenvalue weighted by Gasteiger charge is 2.01. The summed E-state index contributed by atoms with van der Waals surface area (Å²) < 4.78 is 4.72. The first-order valence-electron chi connectivity index (χ1n) is 2.80. The number of aromatic nitrogens is 2. The smallest absolute Gasteiger partial charge is 0.259 e. The third-order valence-corrected chi connectivity index (χ3v) is 1.05. The van der Waals surface area contributed by atoms with E-state index in [1.165, 1.54) is 13.3 Å². The molecular formula is C6H8N2O2. The first-order chi connectivity index (χ1) is 4.74. The Bertz CT molecular complexity index is 237. The number of aryl methyl sites for hydroxylation is 1. The third-order valence-electron chi connectivity index (χ3n) is 1.05. The second kappa shape index (κ2) is 2.51. The summed E-state index contributed by atoms with van der Waals surface area (Å²) in [6, 6.07) is 0. The lowest BCUT2D eigenvalue weighted by Crippen LogP contribution is -1.92. The van der Waals surface area contributed by atoms with E-state index in [1.807, 2.05) is 0 Å². The lowest BCUT2D eigenvalue weighted by atomic mass is 10.5. The van der Waals surface area contributed by atoms with Crippen LogP contribution < -0.4 is 4.74 Å². The number of ether oxygens (including phenoxy) is 1. The molecule has 0 saturated carbocycles. The molecule has 0 unspecified atom stereocenters. The van der Waals surface area contributed by atoms with Crippen molar-refractivity contribution in [3.63, 3.8) is 0 Å². The molecule has 1 aromatic rings. The average Bonchev–Trinajstić information content (AvgIpc) is 1.94. The Morgan fingerprint density at radius 1 is 1.60 bits per heavy atom. The average molecular weight is 140 g/mol. The summed E-state index contributed by atoms with van der Waals surface area (Å²) in [5, 5.41) is 8.98. The van der Waals surface area contributed by atoms with Crippen LogP contribution in [0.4, 0.5) is 0 Å². The second-order valence-electron chi connectivity index (χ2n) is 1.81. The molecule has 0 aliphatic heterocycles. The fourth-order valence-corrected chi connectivity index (χ4v) is 0.593. The third kappa shape index (κ3) is 1.15. The standard InChI is InChI=1S/C6H8N2O2/c1-4-7-3-5(9)6(8-4)10-2/h3,9H,1-2H3. The van der Waals surface area contributed by atoms with Gasteiger partial charge in [0.15, 0.2) is 5.75 Å². The van der Waals surface area contributed by atoms with Gasteiger partial charge in [0, 0.05) is 0 Å². The Morgan fingerprint density at radius 3 is 2.80 bits per heavy atom. The molecule has 0 aliphatic rings. The van der Waals surface area contributed by atoms with Gasteiger partial charge in [-0.15, -0.1) is 0 Å². The van der Waals surface area contributed by atoms with Crippen molar-refractivity contribution in [2.45, 2.75) is 6.92 Å². The molecule has 0 saturated heterocycles. The number of methoxy groups -OCH3 is 1. The van der Waals surface area contributed by atoms with Crippen LogP contribution in [0.5, 0.6) is 11.6 Å². The van der Waals surface area contributed by atoms with Crippen molar-refractivity contribution in [2.24, 2.45) is 0 Å². The summed E-state index contributed by atoms with van der Waals surface area (Å²) in [6.07, 6.45) is 1.31. The first kappa shape index (κ1) is 6.80. The van der Waals surface area contributed by atoms with Gasteiger partial charge in [-0.3, -0.25) is 0 Å². The van der Waals surface area contributed by atoms with Crippen molar-refractivity contribution >= 4 is 0 Å². The van der Waals surface area contributed by atoms with Gasteiger partial charge in [0.25, 0.3) is 5.88 Å². The fraction of sp³-hybridized carbons (Fsp3) is 0.333. The number of hydrogen-bond acceptors (Lipinski definition) is 4. The highest BCUT2D eigenvalue weighted by atomic mass is 16.5. The van der Waals surface area contributed by atoms with Gasteiger partial charge >= 0.3 is 0 Å². The Labute approximate surface area is 58.5 Å². The quantitative estimate of drug-likeness (QED) is 0.617. The number of nitrogens with zero attached hydrogens (tertiary/aromatic N) is 2. The molecule has 0 radical (unpaired) electrons. The summed E-state index contributed by atoms with van der Waals surface area (Å²) in [5.41, 5.74) is 0. The van der Waals surface area contributed by atoms with Crippen LogP contribution in [0.2, 0.25) is 0 Å². The van der Waals surface area contributed by atoms with Crippen LogP contribution in [-0.2, 0) is 0 Å². The SMILES string of the molecule is COc1nc(C)ncc1O. The molecule has 0 aromatic carbocycles. The van der Waals surface area contributed by atoms with Crippen LogP contribution in [0.25, 0.3) is 0 Å². The van der Waals surface area contributed by atoms with E-state index in [2.05, 4.69) is 9.97 Å². The van der Waals surface area contributed by atoms with Crippen LogP contribution in [0, 0.1) is 6.92 Å². The summed E-state index contributed by atoms with van der Waals surface area (Å²) in [4.78, 5) is 7.55. The Kier molecular flexibility index (Phi) is 1.71. The monoisotopic (exact) mass is 140 g/mol. The molecule has 0 spiro atoms. The fourth-order valence-electron chi connectivity index (χ4n) is 0.593. The van der Waals surface area contributed by atoms with E-state index in [0.29, 0.717) is 5.82 Å². The summed E-state index contributed by atoms with van der Waals surface area (Å²) >= 11 is 0. The van der Waals surface area contributed by atoms with E-state index in [-0.39, 0.29) is 11.6 Å². The van der Waals surface area contributed by atoms with Crippen molar-refractivity contribution < 1.29 is 9.84 Å². The minimum atomic E-state index is -0.0342. The molecule has 0 fully saturated rings. The summed E-state index contributed by atoms with van der Waals surface area (Å²) in [5.74, 6) is 0.759. The summed E-state index contributed by atoms with van der Waals surface area (Å²) in [7, 11) is 1.45. The zero-order chi connectivity index (χ0) is 7.56. The van der Waals surface area contributed by atoms with E-state index in [4.69, 9.17) is 9.84 Å². The maximum atomic E-state index is 8.98. The largest absolute Gasteiger partial charge is 0.502 e. The molecule has 4 nitrogen and oxygen atoms in total. The van der Waals surface area contributed by atoms with Crippen LogP contribution >= 0.6 is 0 Å². The minimum absolute atomic E-state index is 0.0342. The first-order valence-corrected chi connectivity index (χ1v) is 2.80. The van der Waals surface area contributed by atoms with Crippen molar-refractivity contribution in [1.82, 2.24) is 9.97 Å². The number of hydrogen-bond donors (Lipinski definition) is 1. The van der Waals surface area contributed by atoms with Crippen LogP contribution in [0.15, 0.2) is 6.20 Å². The molecule has 1 heterocycles. The Hall–Kier alpha value is -1.32. The lowest BCUT2D eigenvalue weighted by molar-refractivity contribution is 0.355. The van der Waals surface area contributed by atoms with E-state index < -0.39 is 0 Å². The molecule has 1 rings (SSSR count). The number of rotatable bonds is 1. The van der Waals surface area contributed by atoms with Gasteiger partial charge in [0.05, 0.1) is 13.3 Å². The predicted molar refractivity (Wildman–Crippen MR) is 35.0 cm³/mol. The minimum Gasteiger partial charge on any atom is -0.502 e.